The molecule has 4 nitrogen and oxygen atoms in total. The van der Waals surface area contributed by atoms with Crippen molar-refractivity contribution in [1.29, 1.82) is 0 Å². The van der Waals surface area contributed by atoms with E-state index in [1.807, 2.05) is 25.1 Å². The van der Waals surface area contributed by atoms with Gasteiger partial charge in [0.1, 0.15) is 12.1 Å². The summed E-state index contributed by atoms with van der Waals surface area (Å²) in [6, 6.07) is 7.31. The van der Waals surface area contributed by atoms with Crippen LogP contribution >= 0.6 is 0 Å². The minimum Gasteiger partial charge on any atom is -0.439 e. The predicted octanol–water partition coefficient (Wildman–Crippen LogP) is 2.89. The van der Waals surface area contributed by atoms with Crippen molar-refractivity contribution in [2.75, 3.05) is 5.73 Å². The first-order valence-corrected chi connectivity index (χ1v) is 5.65. The molecule has 92 valence electrons. The van der Waals surface area contributed by atoms with Crippen molar-refractivity contribution in [1.82, 2.24) is 9.97 Å². The zero-order valence-corrected chi connectivity index (χ0v) is 10.3. The van der Waals surface area contributed by atoms with Gasteiger partial charge in [-0.2, -0.15) is 0 Å². The zero-order valence-electron chi connectivity index (χ0n) is 10.3. The number of nitrogens with zero attached hydrogens (tertiary/aromatic N) is 2. The van der Waals surface area contributed by atoms with Crippen LogP contribution in [0.2, 0.25) is 0 Å². The topological polar surface area (TPSA) is 61.0 Å². The Morgan fingerprint density at radius 2 is 2.17 bits per heavy atom. The first kappa shape index (κ1) is 12.1. The summed E-state index contributed by atoms with van der Waals surface area (Å²) in [6.45, 7) is 5.62. The normalized spacial score (nSPS) is 10.1. The van der Waals surface area contributed by atoms with Crippen LogP contribution in [0.1, 0.15) is 11.3 Å². The van der Waals surface area contributed by atoms with Crippen LogP contribution in [0.3, 0.4) is 0 Å². The minimum atomic E-state index is 0.526. The number of rotatable bonds is 4. The highest BCUT2D eigenvalue weighted by Gasteiger charge is 2.05. The summed E-state index contributed by atoms with van der Waals surface area (Å²) in [5.74, 6) is 1.26. The molecule has 18 heavy (non-hydrogen) atoms. The second-order valence-electron chi connectivity index (χ2n) is 3.96. The first-order chi connectivity index (χ1) is 8.69. The molecule has 1 aromatic heterocycles. The van der Waals surface area contributed by atoms with Crippen molar-refractivity contribution in [3.63, 3.8) is 0 Å². The number of allylic oxidation sites excluding steroid dienone is 1. The van der Waals surface area contributed by atoms with Gasteiger partial charge in [-0.05, 0) is 31.5 Å². The van der Waals surface area contributed by atoms with Gasteiger partial charge in [0.15, 0.2) is 0 Å². The van der Waals surface area contributed by atoms with E-state index < -0.39 is 0 Å². The number of nitrogen functional groups attached to an aromatic ring is 1. The number of ether oxygens (including phenoxy) is 1. The molecule has 2 aromatic rings. The van der Waals surface area contributed by atoms with Crippen LogP contribution in [0.25, 0.3) is 0 Å². The lowest BCUT2D eigenvalue weighted by Gasteiger charge is -2.10. The fourth-order valence-corrected chi connectivity index (χ4v) is 1.61. The van der Waals surface area contributed by atoms with Crippen LogP contribution in [0.5, 0.6) is 11.6 Å². The quantitative estimate of drug-likeness (QED) is 0.660. The Morgan fingerprint density at radius 3 is 2.89 bits per heavy atom. The highest BCUT2D eigenvalue weighted by molar-refractivity contribution is 5.49. The summed E-state index contributed by atoms with van der Waals surface area (Å²) in [5.41, 5.74) is 8.32. The van der Waals surface area contributed by atoms with Gasteiger partial charge in [-0.25, -0.2) is 9.97 Å². The van der Waals surface area contributed by atoms with Crippen LogP contribution in [0, 0.1) is 6.92 Å². The van der Waals surface area contributed by atoms with Gasteiger partial charge in [0.25, 0.3) is 0 Å². The second-order valence-corrected chi connectivity index (χ2v) is 3.96. The van der Waals surface area contributed by atoms with Crippen LogP contribution in [-0.4, -0.2) is 9.97 Å². The molecule has 1 heterocycles. The largest absolute Gasteiger partial charge is 0.439 e. The van der Waals surface area contributed by atoms with Crippen molar-refractivity contribution < 1.29 is 4.74 Å². The molecular weight excluding hydrogens is 226 g/mol. The van der Waals surface area contributed by atoms with Gasteiger partial charge in [0.05, 0.1) is 0 Å². The molecule has 0 saturated carbocycles. The average molecular weight is 241 g/mol. The van der Waals surface area contributed by atoms with Gasteiger partial charge in [-0.1, -0.05) is 6.08 Å². The van der Waals surface area contributed by atoms with Gasteiger partial charge in [-0.15, -0.1) is 6.58 Å². The van der Waals surface area contributed by atoms with E-state index in [0.717, 1.165) is 17.0 Å². The SMILES string of the molecule is C=CCc1cc(N)ccc1Oc1cc(C)ncn1. The molecule has 2 rings (SSSR count). The average Bonchev–Trinajstić information content (AvgIpc) is 2.33. The molecule has 0 aliphatic carbocycles. The lowest BCUT2D eigenvalue weighted by atomic mass is 10.1. The monoisotopic (exact) mass is 241 g/mol. The smallest absolute Gasteiger partial charge is 0.222 e. The van der Waals surface area contributed by atoms with Gasteiger partial charge in [0.2, 0.25) is 5.88 Å². The van der Waals surface area contributed by atoms with E-state index in [0.29, 0.717) is 18.0 Å². The Hall–Kier alpha value is -2.36. The molecule has 1 aromatic carbocycles. The Bertz CT molecular complexity index is 567. The molecule has 0 bridgehead atoms. The number of hydrogen-bond donors (Lipinski definition) is 1. The Morgan fingerprint density at radius 1 is 1.33 bits per heavy atom. The van der Waals surface area contributed by atoms with E-state index in [2.05, 4.69) is 16.5 Å². The molecule has 0 saturated heterocycles. The summed E-state index contributed by atoms with van der Waals surface area (Å²) in [6.07, 6.45) is 3.99. The Kier molecular flexibility index (Phi) is 3.57. The van der Waals surface area contributed by atoms with Crippen molar-refractivity contribution in [2.45, 2.75) is 13.3 Å². The number of nitrogens with two attached hydrogens (primary N) is 1. The Labute approximate surface area is 106 Å². The molecule has 0 spiro atoms. The molecule has 2 N–H and O–H groups in total. The number of aromatic nitrogens is 2. The maximum absolute atomic E-state index is 5.76. The maximum Gasteiger partial charge on any atom is 0.222 e. The summed E-state index contributed by atoms with van der Waals surface area (Å²) in [4.78, 5) is 8.10. The van der Waals surface area contributed by atoms with Gasteiger partial charge in [-0.3, -0.25) is 0 Å². The predicted molar refractivity (Wildman–Crippen MR) is 71.6 cm³/mol. The van der Waals surface area contributed by atoms with E-state index in [9.17, 15) is 0 Å². The zero-order chi connectivity index (χ0) is 13.0. The second kappa shape index (κ2) is 5.31. The van der Waals surface area contributed by atoms with Gasteiger partial charge in [0, 0.05) is 23.0 Å². The molecule has 0 amide bonds. The molecule has 0 radical (unpaired) electrons. The summed E-state index contributed by atoms with van der Waals surface area (Å²) < 4.78 is 5.74. The number of aryl methyl sites for hydroxylation is 1. The van der Waals surface area contributed by atoms with E-state index in [1.54, 1.807) is 12.1 Å². The third kappa shape index (κ3) is 2.85. The lowest BCUT2D eigenvalue weighted by Crippen LogP contribution is -1.96. The Balaban J connectivity index is 2.30. The van der Waals surface area contributed by atoms with E-state index in [4.69, 9.17) is 10.5 Å². The summed E-state index contributed by atoms with van der Waals surface area (Å²) in [5, 5.41) is 0. The number of anilines is 1. The van der Waals surface area contributed by atoms with E-state index >= 15 is 0 Å². The van der Waals surface area contributed by atoms with Crippen molar-refractivity contribution in [3.05, 3.63) is 54.5 Å². The number of hydrogen-bond acceptors (Lipinski definition) is 4. The molecule has 0 unspecified atom stereocenters. The highest BCUT2D eigenvalue weighted by Crippen LogP contribution is 2.26. The van der Waals surface area contributed by atoms with E-state index in [1.165, 1.54) is 6.33 Å². The third-order valence-electron chi connectivity index (χ3n) is 2.44. The summed E-state index contributed by atoms with van der Waals surface area (Å²) >= 11 is 0. The standard InChI is InChI=1S/C14H15N3O/c1-3-4-11-8-12(15)5-6-13(11)18-14-7-10(2)16-9-17-14/h3,5-9H,1,4,15H2,2H3. The van der Waals surface area contributed by atoms with Crippen LogP contribution in [0.4, 0.5) is 5.69 Å². The van der Waals surface area contributed by atoms with Crippen molar-refractivity contribution in [3.8, 4) is 11.6 Å². The number of benzene rings is 1. The maximum atomic E-state index is 5.76. The van der Waals surface area contributed by atoms with Crippen molar-refractivity contribution in [2.24, 2.45) is 0 Å². The molecule has 0 aliphatic heterocycles. The molecule has 4 heteroatoms. The van der Waals surface area contributed by atoms with Crippen LogP contribution < -0.4 is 10.5 Å². The minimum absolute atomic E-state index is 0.526. The fourth-order valence-electron chi connectivity index (χ4n) is 1.61. The lowest BCUT2D eigenvalue weighted by molar-refractivity contribution is 0.456. The molecule has 0 aliphatic rings. The van der Waals surface area contributed by atoms with E-state index in [-0.39, 0.29) is 0 Å². The highest BCUT2D eigenvalue weighted by atomic mass is 16.5. The van der Waals surface area contributed by atoms with Crippen molar-refractivity contribution >= 4 is 5.69 Å². The molecular formula is C14H15N3O. The van der Waals surface area contributed by atoms with Gasteiger partial charge < -0.3 is 10.5 Å². The summed E-state index contributed by atoms with van der Waals surface area (Å²) in [7, 11) is 0. The fraction of sp³-hybridized carbons (Fsp3) is 0.143. The molecule has 0 fully saturated rings. The van der Waals surface area contributed by atoms with Crippen LogP contribution in [-0.2, 0) is 6.42 Å². The first-order valence-electron chi connectivity index (χ1n) is 5.65. The molecule has 0 atom stereocenters. The van der Waals surface area contributed by atoms with Gasteiger partial charge >= 0.3 is 0 Å². The van der Waals surface area contributed by atoms with Crippen LogP contribution in [0.15, 0.2) is 43.2 Å². The third-order valence-corrected chi connectivity index (χ3v) is 2.44.